The third-order valence-corrected chi connectivity index (χ3v) is 3.39. The van der Waals surface area contributed by atoms with E-state index in [1.807, 2.05) is 32.0 Å². The van der Waals surface area contributed by atoms with Crippen molar-refractivity contribution in [1.29, 1.82) is 0 Å². The maximum Gasteiger partial charge on any atom is 0.326 e. The quantitative estimate of drug-likeness (QED) is 0.719. The van der Waals surface area contributed by atoms with Gasteiger partial charge in [0.25, 0.3) is 0 Å². The normalized spacial score (nSPS) is 12.3. The van der Waals surface area contributed by atoms with E-state index >= 15 is 0 Å². The van der Waals surface area contributed by atoms with Crippen LogP contribution in [0.25, 0.3) is 10.9 Å². The summed E-state index contributed by atoms with van der Waals surface area (Å²) in [6.07, 6.45) is -0.260. The van der Waals surface area contributed by atoms with Gasteiger partial charge in [0.15, 0.2) is 0 Å². The predicted molar refractivity (Wildman–Crippen MR) is 85.5 cm³/mol. The van der Waals surface area contributed by atoms with Gasteiger partial charge in [-0.3, -0.25) is 4.79 Å². The summed E-state index contributed by atoms with van der Waals surface area (Å²) in [5.41, 5.74) is 0.719. The van der Waals surface area contributed by atoms with E-state index in [1.165, 1.54) is 0 Å². The van der Waals surface area contributed by atoms with E-state index < -0.39 is 18.0 Å². The number of fused-ring (bicyclic) bond motifs is 1. The number of para-hydroxylation sites is 1. The largest absolute Gasteiger partial charge is 0.481 e. The van der Waals surface area contributed by atoms with Crippen molar-refractivity contribution in [2.24, 2.45) is 0 Å². The van der Waals surface area contributed by atoms with E-state index in [1.54, 1.807) is 6.07 Å². The summed E-state index contributed by atoms with van der Waals surface area (Å²) in [6.45, 7) is 3.90. The molecule has 0 radical (unpaired) electrons. The Morgan fingerprint density at radius 2 is 1.87 bits per heavy atom. The van der Waals surface area contributed by atoms with Crippen molar-refractivity contribution < 1.29 is 19.8 Å². The molecule has 1 aromatic heterocycles. The molecular formula is C16H19N3O4. The number of anilines is 1. The molecule has 1 aromatic carbocycles. The second kappa shape index (κ2) is 7.04. The van der Waals surface area contributed by atoms with Gasteiger partial charge in [-0.1, -0.05) is 26.0 Å². The van der Waals surface area contributed by atoms with Crippen LogP contribution in [0, 0.1) is 0 Å². The smallest absolute Gasteiger partial charge is 0.326 e. The van der Waals surface area contributed by atoms with Crippen LogP contribution >= 0.6 is 0 Å². The van der Waals surface area contributed by atoms with Gasteiger partial charge in [-0.2, -0.15) is 0 Å². The number of nitrogens with one attached hydrogen (secondary N) is 1. The number of carbonyl (C=O) groups is 2. The highest BCUT2D eigenvalue weighted by atomic mass is 16.4. The van der Waals surface area contributed by atoms with Crippen molar-refractivity contribution in [3.05, 3.63) is 30.1 Å². The number of rotatable bonds is 7. The Hall–Kier alpha value is -2.70. The lowest BCUT2D eigenvalue weighted by Crippen LogP contribution is -2.30. The molecule has 122 valence electrons. The Kier molecular flexibility index (Phi) is 5.10. The minimum absolute atomic E-state index is 0.0278. The number of benzene rings is 1. The molecule has 23 heavy (non-hydrogen) atoms. The molecule has 3 N–H and O–H groups in total. The van der Waals surface area contributed by atoms with E-state index in [0.29, 0.717) is 17.0 Å². The first-order valence-electron chi connectivity index (χ1n) is 7.36. The molecule has 7 heteroatoms. The van der Waals surface area contributed by atoms with E-state index in [0.717, 1.165) is 5.52 Å². The highest BCUT2D eigenvalue weighted by Crippen LogP contribution is 2.24. The van der Waals surface area contributed by atoms with E-state index in [9.17, 15) is 14.7 Å². The first kappa shape index (κ1) is 16.7. The van der Waals surface area contributed by atoms with Gasteiger partial charge >= 0.3 is 11.9 Å². The van der Waals surface area contributed by atoms with E-state index in [4.69, 9.17) is 5.11 Å². The van der Waals surface area contributed by atoms with Crippen LogP contribution in [0.5, 0.6) is 0 Å². The van der Waals surface area contributed by atoms with Gasteiger partial charge in [0, 0.05) is 17.7 Å². The van der Waals surface area contributed by atoms with Crippen LogP contribution in [0.1, 0.15) is 38.4 Å². The van der Waals surface area contributed by atoms with Crippen molar-refractivity contribution in [2.45, 2.75) is 38.6 Å². The average molecular weight is 317 g/mol. The molecule has 1 atom stereocenters. The lowest BCUT2D eigenvalue weighted by atomic mass is 10.1. The Morgan fingerprint density at radius 3 is 2.48 bits per heavy atom. The van der Waals surface area contributed by atoms with Gasteiger partial charge in [-0.05, 0) is 18.6 Å². The van der Waals surface area contributed by atoms with Crippen LogP contribution in [0.3, 0.4) is 0 Å². The summed E-state index contributed by atoms with van der Waals surface area (Å²) < 4.78 is 0. The Balaban J connectivity index is 2.39. The molecule has 1 unspecified atom stereocenters. The Morgan fingerprint density at radius 1 is 1.17 bits per heavy atom. The molecule has 2 rings (SSSR count). The molecule has 0 aliphatic rings. The number of nitrogens with zero attached hydrogens (tertiary/aromatic N) is 2. The molecule has 0 spiro atoms. The zero-order valence-electron chi connectivity index (χ0n) is 13.0. The molecule has 0 amide bonds. The molecule has 0 aliphatic heterocycles. The summed E-state index contributed by atoms with van der Waals surface area (Å²) in [5, 5.41) is 21.6. The van der Waals surface area contributed by atoms with Crippen LogP contribution in [-0.4, -0.2) is 38.2 Å². The zero-order valence-corrected chi connectivity index (χ0v) is 13.0. The fourth-order valence-corrected chi connectivity index (χ4v) is 2.15. The molecule has 0 saturated carbocycles. The Labute approximate surface area is 133 Å². The summed E-state index contributed by atoms with van der Waals surface area (Å²) in [4.78, 5) is 30.9. The van der Waals surface area contributed by atoms with Gasteiger partial charge in [0.05, 0.1) is 5.52 Å². The van der Waals surface area contributed by atoms with Crippen LogP contribution in [0.2, 0.25) is 0 Å². The monoisotopic (exact) mass is 317 g/mol. The van der Waals surface area contributed by atoms with Gasteiger partial charge < -0.3 is 15.5 Å². The second-order valence-corrected chi connectivity index (χ2v) is 5.57. The maximum absolute atomic E-state index is 11.4. The topological polar surface area (TPSA) is 112 Å². The molecule has 2 aromatic rings. The number of hydrogen-bond donors (Lipinski definition) is 3. The van der Waals surface area contributed by atoms with Crippen LogP contribution in [0.15, 0.2) is 24.3 Å². The first-order chi connectivity index (χ1) is 10.9. The minimum atomic E-state index is -1.11. The molecular weight excluding hydrogens is 298 g/mol. The van der Waals surface area contributed by atoms with E-state index in [2.05, 4.69) is 15.3 Å². The van der Waals surface area contributed by atoms with Gasteiger partial charge in [0.2, 0.25) is 0 Å². The predicted octanol–water partition coefficient (Wildman–Crippen LogP) is 2.48. The first-order valence-corrected chi connectivity index (χ1v) is 7.36. The number of aliphatic carboxylic acids is 2. The molecule has 0 bridgehead atoms. The standard InChI is InChI=1S/C16H19N3O4/c1-9(2)14-17-11-6-4-3-5-10(11)15(19-14)18-12(16(22)23)7-8-13(20)21/h3-6,9,12H,7-8H2,1-2H3,(H,20,21)(H,22,23)(H,17,18,19). The Bertz CT molecular complexity index is 730. The molecule has 7 nitrogen and oxygen atoms in total. The minimum Gasteiger partial charge on any atom is -0.481 e. The average Bonchev–Trinajstić information content (AvgIpc) is 2.50. The van der Waals surface area contributed by atoms with E-state index in [-0.39, 0.29) is 18.8 Å². The van der Waals surface area contributed by atoms with Crippen molar-refractivity contribution in [3.8, 4) is 0 Å². The summed E-state index contributed by atoms with van der Waals surface area (Å²) >= 11 is 0. The number of carboxylic acid groups (broad SMARTS) is 2. The fraction of sp³-hybridized carbons (Fsp3) is 0.375. The molecule has 1 heterocycles. The molecule has 0 aliphatic carbocycles. The highest BCUT2D eigenvalue weighted by Gasteiger charge is 2.21. The second-order valence-electron chi connectivity index (χ2n) is 5.57. The summed E-state index contributed by atoms with van der Waals surface area (Å²) in [6, 6.07) is 6.28. The van der Waals surface area contributed by atoms with Crippen molar-refractivity contribution in [1.82, 2.24) is 9.97 Å². The zero-order chi connectivity index (χ0) is 17.0. The summed E-state index contributed by atoms with van der Waals surface area (Å²) in [7, 11) is 0. The fourth-order valence-electron chi connectivity index (χ4n) is 2.15. The van der Waals surface area contributed by atoms with Crippen LogP contribution < -0.4 is 5.32 Å². The van der Waals surface area contributed by atoms with Crippen molar-refractivity contribution >= 4 is 28.7 Å². The van der Waals surface area contributed by atoms with Crippen LogP contribution in [0.4, 0.5) is 5.82 Å². The van der Waals surface area contributed by atoms with Crippen molar-refractivity contribution in [3.63, 3.8) is 0 Å². The molecule has 0 saturated heterocycles. The lowest BCUT2D eigenvalue weighted by Gasteiger charge is -2.17. The molecule has 0 fully saturated rings. The summed E-state index contributed by atoms with van der Waals surface area (Å²) in [5.74, 6) is -1.04. The van der Waals surface area contributed by atoms with Gasteiger partial charge in [-0.15, -0.1) is 0 Å². The van der Waals surface area contributed by atoms with Gasteiger partial charge in [-0.25, -0.2) is 14.8 Å². The SMILES string of the molecule is CC(C)c1nc(NC(CCC(=O)O)C(=O)O)c2ccccc2n1. The third-order valence-electron chi connectivity index (χ3n) is 3.39. The highest BCUT2D eigenvalue weighted by molar-refractivity contribution is 5.91. The number of carboxylic acids is 2. The maximum atomic E-state index is 11.4. The van der Waals surface area contributed by atoms with Gasteiger partial charge in [0.1, 0.15) is 17.7 Å². The number of aromatic nitrogens is 2. The van der Waals surface area contributed by atoms with Crippen molar-refractivity contribution in [2.75, 3.05) is 5.32 Å². The number of hydrogen-bond acceptors (Lipinski definition) is 5. The lowest BCUT2D eigenvalue weighted by molar-refractivity contribution is -0.139. The van der Waals surface area contributed by atoms with Crippen LogP contribution in [-0.2, 0) is 9.59 Å². The third kappa shape index (κ3) is 4.15.